The highest BCUT2D eigenvalue weighted by atomic mass is 16.5. The third-order valence-electron chi connectivity index (χ3n) is 3.16. The number of likely N-dealkylation sites (N-methyl/N-ethyl adjacent to an activating group) is 1. The van der Waals surface area contributed by atoms with Gasteiger partial charge in [0, 0.05) is 13.7 Å². The van der Waals surface area contributed by atoms with E-state index in [2.05, 4.69) is 0 Å². The lowest BCUT2D eigenvalue weighted by Gasteiger charge is -2.26. The molecule has 88 valence electrons. The van der Waals surface area contributed by atoms with Gasteiger partial charge in [-0.25, -0.2) is 0 Å². The normalized spacial score (nSPS) is 19.7. The van der Waals surface area contributed by atoms with Crippen LogP contribution >= 0.6 is 0 Å². The van der Waals surface area contributed by atoms with Crippen LogP contribution in [0.3, 0.4) is 0 Å². The van der Waals surface area contributed by atoms with E-state index in [1.807, 2.05) is 11.9 Å². The summed E-state index contributed by atoms with van der Waals surface area (Å²) in [5.41, 5.74) is 0. The molecule has 4 heteroatoms. The molecule has 1 rings (SSSR count). The molecule has 1 aliphatic carbocycles. The summed E-state index contributed by atoms with van der Waals surface area (Å²) in [5, 5.41) is 9.03. The predicted molar refractivity (Wildman–Crippen MR) is 57.9 cm³/mol. The molecular formula is C11H21NO3. The zero-order valence-corrected chi connectivity index (χ0v) is 9.61. The van der Waals surface area contributed by atoms with Gasteiger partial charge in [-0.2, -0.15) is 0 Å². The SMILES string of the molecule is COCC(C(=O)O)N(C)CC1CCCC1. The van der Waals surface area contributed by atoms with E-state index in [1.165, 1.54) is 25.7 Å². The molecule has 1 atom stereocenters. The molecule has 0 aromatic heterocycles. The first kappa shape index (κ1) is 12.5. The summed E-state index contributed by atoms with van der Waals surface area (Å²) in [7, 11) is 3.41. The Bertz CT molecular complexity index is 202. The van der Waals surface area contributed by atoms with Crippen molar-refractivity contribution in [1.29, 1.82) is 0 Å². The Morgan fingerprint density at radius 1 is 1.53 bits per heavy atom. The van der Waals surface area contributed by atoms with Gasteiger partial charge < -0.3 is 9.84 Å². The molecule has 1 unspecified atom stereocenters. The Labute approximate surface area is 91.2 Å². The highest BCUT2D eigenvalue weighted by Gasteiger charge is 2.25. The first-order chi connectivity index (χ1) is 7.15. The zero-order chi connectivity index (χ0) is 11.3. The van der Waals surface area contributed by atoms with Gasteiger partial charge >= 0.3 is 5.97 Å². The van der Waals surface area contributed by atoms with Gasteiger partial charge in [-0.15, -0.1) is 0 Å². The molecular weight excluding hydrogens is 194 g/mol. The lowest BCUT2D eigenvalue weighted by molar-refractivity contribution is -0.145. The second kappa shape index (κ2) is 6.08. The predicted octanol–water partition coefficient (Wildman–Crippen LogP) is 1.21. The minimum Gasteiger partial charge on any atom is -0.480 e. The van der Waals surface area contributed by atoms with E-state index in [1.54, 1.807) is 7.11 Å². The summed E-state index contributed by atoms with van der Waals surface area (Å²) >= 11 is 0. The average Bonchev–Trinajstić information content (AvgIpc) is 2.65. The first-order valence-corrected chi connectivity index (χ1v) is 5.57. The highest BCUT2D eigenvalue weighted by molar-refractivity contribution is 5.73. The van der Waals surface area contributed by atoms with E-state index in [0.717, 1.165) is 6.54 Å². The Hall–Kier alpha value is -0.610. The summed E-state index contributed by atoms with van der Waals surface area (Å²) in [5.74, 6) is -0.119. The molecule has 0 aliphatic heterocycles. The van der Waals surface area contributed by atoms with Crippen molar-refractivity contribution in [2.45, 2.75) is 31.7 Å². The van der Waals surface area contributed by atoms with E-state index in [4.69, 9.17) is 9.84 Å². The number of rotatable bonds is 6. The van der Waals surface area contributed by atoms with Crippen molar-refractivity contribution in [2.24, 2.45) is 5.92 Å². The third-order valence-corrected chi connectivity index (χ3v) is 3.16. The monoisotopic (exact) mass is 215 g/mol. The maximum atomic E-state index is 11.0. The Morgan fingerprint density at radius 2 is 2.13 bits per heavy atom. The van der Waals surface area contributed by atoms with Crippen LogP contribution in [0, 0.1) is 5.92 Å². The Kier molecular flexibility index (Phi) is 5.05. The number of hydrogen-bond acceptors (Lipinski definition) is 3. The second-order valence-corrected chi connectivity index (χ2v) is 4.40. The molecule has 0 bridgehead atoms. The van der Waals surface area contributed by atoms with Crippen molar-refractivity contribution in [3.8, 4) is 0 Å². The summed E-state index contributed by atoms with van der Waals surface area (Å²) < 4.78 is 4.93. The zero-order valence-electron chi connectivity index (χ0n) is 9.61. The lowest BCUT2D eigenvalue weighted by Crippen LogP contribution is -2.43. The minimum absolute atomic E-state index is 0.262. The third kappa shape index (κ3) is 3.80. The number of methoxy groups -OCH3 is 1. The molecule has 0 aromatic carbocycles. The van der Waals surface area contributed by atoms with Gasteiger partial charge in [-0.3, -0.25) is 9.69 Å². The van der Waals surface area contributed by atoms with Crippen molar-refractivity contribution >= 4 is 5.97 Å². The number of carbonyl (C=O) groups is 1. The van der Waals surface area contributed by atoms with Gasteiger partial charge in [-0.05, 0) is 25.8 Å². The molecule has 0 amide bonds. The smallest absolute Gasteiger partial charge is 0.323 e. The molecule has 1 fully saturated rings. The van der Waals surface area contributed by atoms with Crippen LogP contribution in [0.2, 0.25) is 0 Å². The second-order valence-electron chi connectivity index (χ2n) is 4.40. The molecule has 1 saturated carbocycles. The summed E-state index contributed by atoms with van der Waals surface area (Å²) in [6.45, 7) is 1.14. The Balaban J connectivity index is 2.40. The van der Waals surface area contributed by atoms with E-state index >= 15 is 0 Å². The fraction of sp³-hybridized carbons (Fsp3) is 0.909. The standard InChI is InChI=1S/C11H21NO3/c1-12(7-9-5-3-4-6-9)10(8-15-2)11(13)14/h9-10H,3-8H2,1-2H3,(H,13,14). The van der Waals surface area contributed by atoms with E-state index in [0.29, 0.717) is 5.92 Å². The van der Waals surface area contributed by atoms with E-state index in [9.17, 15) is 4.79 Å². The fourth-order valence-corrected chi connectivity index (χ4v) is 2.27. The molecule has 0 heterocycles. The van der Waals surface area contributed by atoms with Crippen molar-refractivity contribution < 1.29 is 14.6 Å². The Morgan fingerprint density at radius 3 is 2.60 bits per heavy atom. The number of hydrogen-bond donors (Lipinski definition) is 1. The topological polar surface area (TPSA) is 49.8 Å². The largest absolute Gasteiger partial charge is 0.480 e. The molecule has 0 radical (unpaired) electrons. The van der Waals surface area contributed by atoms with Gasteiger partial charge in [0.2, 0.25) is 0 Å². The average molecular weight is 215 g/mol. The van der Waals surface area contributed by atoms with Crippen LogP contribution in [-0.4, -0.2) is 49.3 Å². The number of nitrogens with zero attached hydrogens (tertiary/aromatic N) is 1. The summed E-state index contributed by atoms with van der Waals surface area (Å²) in [6.07, 6.45) is 5.06. The minimum atomic E-state index is -0.794. The van der Waals surface area contributed by atoms with E-state index in [-0.39, 0.29) is 6.61 Å². The van der Waals surface area contributed by atoms with Crippen LogP contribution in [0.1, 0.15) is 25.7 Å². The quantitative estimate of drug-likeness (QED) is 0.723. The molecule has 1 aliphatic rings. The van der Waals surface area contributed by atoms with Gasteiger partial charge in [0.25, 0.3) is 0 Å². The summed E-state index contributed by atoms with van der Waals surface area (Å²) in [4.78, 5) is 12.9. The van der Waals surface area contributed by atoms with Crippen molar-refractivity contribution in [3.63, 3.8) is 0 Å². The van der Waals surface area contributed by atoms with Crippen molar-refractivity contribution in [3.05, 3.63) is 0 Å². The van der Waals surface area contributed by atoms with Gasteiger partial charge in [-0.1, -0.05) is 12.8 Å². The molecule has 15 heavy (non-hydrogen) atoms. The first-order valence-electron chi connectivity index (χ1n) is 5.57. The van der Waals surface area contributed by atoms with E-state index < -0.39 is 12.0 Å². The molecule has 0 saturated heterocycles. The number of ether oxygens (including phenoxy) is 1. The highest BCUT2D eigenvalue weighted by Crippen LogP contribution is 2.25. The molecule has 4 nitrogen and oxygen atoms in total. The lowest BCUT2D eigenvalue weighted by atomic mass is 10.1. The fourth-order valence-electron chi connectivity index (χ4n) is 2.27. The number of aliphatic carboxylic acids is 1. The maximum Gasteiger partial charge on any atom is 0.323 e. The van der Waals surface area contributed by atoms with Crippen molar-refractivity contribution in [1.82, 2.24) is 4.90 Å². The van der Waals surface area contributed by atoms with Crippen LogP contribution in [0.25, 0.3) is 0 Å². The van der Waals surface area contributed by atoms with Gasteiger partial charge in [0.15, 0.2) is 0 Å². The van der Waals surface area contributed by atoms with Crippen molar-refractivity contribution in [2.75, 3.05) is 27.3 Å². The van der Waals surface area contributed by atoms with Crippen LogP contribution in [-0.2, 0) is 9.53 Å². The van der Waals surface area contributed by atoms with Crippen LogP contribution < -0.4 is 0 Å². The molecule has 0 spiro atoms. The van der Waals surface area contributed by atoms with Crippen LogP contribution in [0.4, 0.5) is 0 Å². The molecule has 0 aromatic rings. The van der Waals surface area contributed by atoms with Crippen LogP contribution in [0.5, 0.6) is 0 Å². The van der Waals surface area contributed by atoms with Gasteiger partial charge in [0.1, 0.15) is 6.04 Å². The maximum absolute atomic E-state index is 11.0. The molecule has 1 N–H and O–H groups in total. The van der Waals surface area contributed by atoms with Crippen LogP contribution in [0.15, 0.2) is 0 Å². The van der Waals surface area contributed by atoms with Gasteiger partial charge in [0.05, 0.1) is 6.61 Å². The number of carboxylic acids is 1. The summed E-state index contributed by atoms with van der Waals surface area (Å²) in [6, 6.07) is -0.504. The number of carboxylic acid groups (broad SMARTS) is 1.